The molecule has 0 unspecified atom stereocenters. The Morgan fingerprint density at radius 3 is 2.61 bits per heavy atom. The molecular formula is C16H16N2. The summed E-state index contributed by atoms with van der Waals surface area (Å²) >= 11 is 0. The fourth-order valence-corrected chi connectivity index (χ4v) is 2.43. The summed E-state index contributed by atoms with van der Waals surface area (Å²) in [4.78, 5) is 0. The van der Waals surface area contributed by atoms with E-state index in [1.54, 1.807) is 0 Å². The monoisotopic (exact) mass is 236 g/mol. The van der Waals surface area contributed by atoms with E-state index in [0.717, 1.165) is 12.0 Å². The summed E-state index contributed by atoms with van der Waals surface area (Å²) in [6.07, 6.45) is 2.94. The Labute approximate surface area is 108 Å². The molecule has 2 aromatic carbocycles. The normalized spacial score (nSPS) is 12.6. The second-order valence-electron chi connectivity index (χ2n) is 4.84. The Bertz CT molecular complexity index is 612. The van der Waals surface area contributed by atoms with Crippen LogP contribution in [0.2, 0.25) is 0 Å². The summed E-state index contributed by atoms with van der Waals surface area (Å²) in [6, 6.07) is 15.2. The van der Waals surface area contributed by atoms with Crippen molar-refractivity contribution in [1.82, 2.24) is 5.01 Å². The number of fused-ring (bicyclic) bond motifs is 3. The highest BCUT2D eigenvalue weighted by Crippen LogP contribution is 2.36. The fraction of sp³-hybridized carbons (Fsp3) is 0.188. The van der Waals surface area contributed by atoms with Crippen LogP contribution in [0.15, 0.2) is 47.6 Å². The van der Waals surface area contributed by atoms with Gasteiger partial charge in [0.25, 0.3) is 0 Å². The molecule has 0 spiro atoms. The van der Waals surface area contributed by atoms with Crippen LogP contribution in [0, 0.1) is 0 Å². The van der Waals surface area contributed by atoms with Gasteiger partial charge in [0.05, 0.1) is 6.21 Å². The zero-order valence-electron chi connectivity index (χ0n) is 10.7. The first kappa shape index (κ1) is 11.0. The van der Waals surface area contributed by atoms with Crippen molar-refractivity contribution in [2.24, 2.45) is 5.10 Å². The summed E-state index contributed by atoms with van der Waals surface area (Å²) in [7, 11) is 3.86. The number of hydrogen-bond acceptors (Lipinski definition) is 2. The van der Waals surface area contributed by atoms with Crippen molar-refractivity contribution in [1.29, 1.82) is 0 Å². The molecule has 0 radical (unpaired) electrons. The maximum Gasteiger partial charge on any atom is 0.0542 e. The minimum Gasteiger partial charge on any atom is -0.303 e. The van der Waals surface area contributed by atoms with Gasteiger partial charge >= 0.3 is 0 Å². The van der Waals surface area contributed by atoms with Crippen LogP contribution in [0.3, 0.4) is 0 Å². The first-order valence-corrected chi connectivity index (χ1v) is 6.16. The molecule has 90 valence electrons. The Hall–Kier alpha value is -2.09. The predicted octanol–water partition coefficient (Wildman–Crippen LogP) is 3.15. The molecule has 1 aliphatic carbocycles. The lowest BCUT2D eigenvalue weighted by molar-refractivity contribution is 0.440. The molecule has 1 aliphatic rings. The molecule has 0 bridgehead atoms. The number of nitrogens with zero attached hydrogens (tertiary/aromatic N) is 2. The molecule has 3 rings (SSSR count). The first-order valence-electron chi connectivity index (χ1n) is 6.16. The summed E-state index contributed by atoms with van der Waals surface area (Å²) in [5.74, 6) is 0. The molecule has 0 saturated heterocycles. The summed E-state index contributed by atoms with van der Waals surface area (Å²) in [5, 5.41) is 6.09. The van der Waals surface area contributed by atoms with Gasteiger partial charge in [0, 0.05) is 14.1 Å². The summed E-state index contributed by atoms with van der Waals surface area (Å²) < 4.78 is 0. The highest BCUT2D eigenvalue weighted by Gasteiger charge is 2.17. The van der Waals surface area contributed by atoms with E-state index in [1.807, 2.05) is 25.3 Å². The van der Waals surface area contributed by atoms with Crippen LogP contribution in [-0.4, -0.2) is 25.3 Å². The molecule has 0 aromatic heterocycles. The lowest BCUT2D eigenvalue weighted by Crippen LogP contribution is -2.02. The third-order valence-corrected chi connectivity index (χ3v) is 3.26. The van der Waals surface area contributed by atoms with Crippen LogP contribution in [0.4, 0.5) is 0 Å². The van der Waals surface area contributed by atoms with Gasteiger partial charge in [-0.1, -0.05) is 36.4 Å². The maximum absolute atomic E-state index is 4.28. The molecule has 0 aliphatic heterocycles. The van der Waals surface area contributed by atoms with E-state index >= 15 is 0 Å². The van der Waals surface area contributed by atoms with Gasteiger partial charge in [-0.05, 0) is 40.3 Å². The van der Waals surface area contributed by atoms with Crippen molar-refractivity contribution in [3.05, 3.63) is 59.2 Å². The Kier molecular flexibility index (Phi) is 2.63. The van der Waals surface area contributed by atoms with Crippen LogP contribution >= 0.6 is 0 Å². The van der Waals surface area contributed by atoms with Gasteiger partial charge in [0.15, 0.2) is 0 Å². The minimum absolute atomic E-state index is 1.04. The molecule has 0 heterocycles. The first-order chi connectivity index (χ1) is 8.74. The number of hydrazone groups is 1. The molecule has 18 heavy (non-hydrogen) atoms. The summed E-state index contributed by atoms with van der Waals surface area (Å²) in [5.41, 5.74) is 6.74. The molecule has 2 heteroatoms. The Morgan fingerprint density at radius 1 is 1.00 bits per heavy atom. The zero-order chi connectivity index (χ0) is 12.5. The number of rotatable bonds is 2. The van der Waals surface area contributed by atoms with Gasteiger partial charge < -0.3 is 5.01 Å². The molecule has 0 fully saturated rings. The van der Waals surface area contributed by atoms with Gasteiger partial charge in [-0.2, -0.15) is 5.10 Å². The highest BCUT2D eigenvalue weighted by atomic mass is 15.4. The van der Waals surface area contributed by atoms with Gasteiger partial charge in [0.1, 0.15) is 0 Å². The van der Waals surface area contributed by atoms with Crippen LogP contribution in [-0.2, 0) is 6.42 Å². The largest absolute Gasteiger partial charge is 0.303 e. The zero-order valence-corrected chi connectivity index (χ0v) is 10.7. The Balaban J connectivity index is 1.98. The standard InChI is InChI=1S/C16H16N2/c1-18(2)17-11-12-7-8-16-14(9-12)10-13-5-3-4-6-15(13)16/h3-9,11H,10H2,1-2H3/b17-11+. The van der Waals surface area contributed by atoms with E-state index in [2.05, 4.69) is 47.6 Å². The average molecular weight is 236 g/mol. The van der Waals surface area contributed by atoms with Gasteiger partial charge in [-0.3, -0.25) is 0 Å². The highest BCUT2D eigenvalue weighted by molar-refractivity contribution is 5.84. The van der Waals surface area contributed by atoms with Crippen molar-refractivity contribution in [3.63, 3.8) is 0 Å². The van der Waals surface area contributed by atoms with Crippen molar-refractivity contribution < 1.29 is 0 Å². The average Bonchev–Trinajstić information content (AvgIpc) is 2.73. The third kappa shape index (κ3) is 1.90. The quantitative estimate of drug-likeness (QED) is 0.493. The van der Waals surface area contributed by atoms with Gasteiger partial charge in [0.2, 0.25) is 0 Å². The lowest BCUT2D eigenvalue weighted by Gasteiger charge is -2.04. The topological polar surface area (TPSA) is 15.6 Å². The SMILES string of the molecule is CN(C)/N=C/c1ccc2c(c1)Cc1ccccc1-2. The van der Waals surface area contributed by atoms with E-state index in [0.29, 0.717) is 0 Å². The van der Waals surface area contributed by atoms with E-state index in [4.69, 9.17) is 0 Å². The van der Waals surface area contributed by atoms with E-state index in [1.165, 1.54) is 22.3 Å². The Morgan fingerprint density at radius 2 is 1.78 bits per heavy atom. The fourth-order valence-electron chi connectivity index (χ4n) is 2.43. The third-order valence-electron chi connectivity index (χ3n) is 3.26. The van der Waals surface area contributed by atoms with Gasteiger partial charge in [-0.25, -0.2) is 0 Å². The number of benzene rings is 2. The summed E-state index contributed by atoms with van der Waals surface area (Å²) in [6.45, 7) is 0. The lowest BCUT2D eigenvalue weighted by atomic mass is 10.0. The van der Waals surface area contributed by atoms with Crippen molar-refractivity contribution >= 4 is 6.21 Å². The number of hydrogen-bond donors (Lipinski definition) is 0. The van der Waals surface area contributed by atoms with Crippen LogP contribution in [0.25, 0.3) is 11.1 Å². The molecular weight excluding hydrogens is 220 g/mol. The molecule has 0 amide bonds. The van der Waals surface area contributed by atoms with Crippen LogP contribution in [0.1, 0.15) is 16.7 Å². The van der Waals surface area contributed by atoms with Gasteiger partial charge in [-0.15, -0.1) is 0 Å². The molecule has 0 atom stereocenters. The molecule has 2 nitrogen and oxygen atoms in total. The second kappa shape index (κ2) is 4.30. The van der Waals surface area contributed by atoms with Crippen LogP contribution in [0.5, 0.6) is 0 Å². The van der Waals surface area contributed by atoms with Crippen LogP contribution < -0.4 is 0 Å². The predicted molar refractivity (Wildman–Crippen MR) is 76.0 cm³/mol. The van der Waals surface area contributed by atoms with Crippen molar-refractivity contribution in [3.8, 4) is 11.1 Å². The van der Waals surface area contributed by atoms with Crippen molar-refractivity contribution in [2.75, 3.05) is 14.1 Å². The molecule has 0 N–H and O–H groups in total. The van der Waals surface area contributed by atoms with E-state index in [-0.39, 0.29) is 0 Å². The van der Waals surface area contributed by atoms with E-state index < -0.39 is 0 Å². The minimum atomic E-state index is 1.04. The maximum atomic E-state index is 4.28. The van der Waals surface area contributed by atoms with Crippen molar-refractivity contribution in [2.45, 2.75) is 6.42 Å². The smallest absolute Gasteiger partial charge is 0.0542 e. The second-order valence-corrected chi connectivity index (χ2v) is 4.84. The molecule has 0 saturated carbocycles. The van der Waals surface area contributed by atoms with E-state index in [9.17, 15) is 0 Å². The molecule has 2 aromatic rings.